The van der Waals surface area contributed by atoms with Gasteiger partial charge in [0.25, 0.3) is 0 Å². The molecule has 1 heterocycles. The highest BCUT2D eigenvalue weighted by atomic mass is 16.5. The van der Waals surface area contributed by atoms with Gasteiger partial charge in [-0.1, -0.05) is 12.1 Å². The van der Waals surface area contributed by atoms with Crippen LogP contribution in [0.15, 0.2) is 36.7 Å². The largest absolute Gasteiger partial charge is 0.383 e. The van der Waals surface area contributed by atoms with E-state index in [1.54, 1.807) is 7.11 Å². The average Bonchev–Trinajstić information content (AvgIpc) is 2.39. The summed E-state index contributed by atoms with van der Waals surface area (Å²) in [7, 11) is 1.67. The van der Waals surface area contributed by atoms with Crippen molar-refractivity contribution in [3.63, 3.8) is 0 Å². The van der Waals surface area contributed by atoms with Crippen molar-refractivity contribution < 1.29 is 4.74 Å². The molecule has 0 spiro atoms. The second-order valence-corrected chi connectivity index (χ2v) is 4.20. The third-order valence-electron chi connectivity index (χ3n) is 2.57. The van der Waals surface area contributed by atoms with Crippen molar-refractivity contribution in [3.8, 4) is 0 Å². The van der Waals surface area contributed by atoms with Crippen LogP contribution in [0.2, 0.25) is 0 Å². The lowest BCUT2D eigenvalue weighted by molar-refractivity contribution is 0.210. The standard InChI is InChI=1S/C14H18N4O/c1-11-4-3-5-12(8-11)18-14-9-13(16-10-17-14)15-6-7-19-2/h3-5,8-10H,6-7H2,1-2H3,(H2,15,16,17,18). The lowest BCUT2D eigenvalue weighted by atomic mass is 10.2. The van der Waals surface area contributed by atoms with E-state index in [4.69, 9.17) is 4.74 Å². The second-order valence-electron chi connectivity index (χ2n) is 4.20. The van der Waals surface area contributed by atoms with Gasteiger partial charge in [0, 0.05) is 25.4 Å². The monoisotopic (exact) mass is 258 g/mol. The zero-order chi connectivity index (χ0) is 13.5. The lowest BCUT2D eigenvalue weighted by Gasteiger charge is -2.08. The summed E-state index contributed by atoms with van der Waals surface area (Å²) in [4.78, 5) is 8.35. The summed E-state index contributed by atoms with van der Waals surface area (Å²) in [6.07, 6.45) is 1.53. The van der Waals surface area contributed by atoms with Crippen molar-refractivity contribution in [2.75, 3.05) is 30.9 Å². The normalized spacial score (nSPS) is 10.2. The van der Waals surface area contributed by atoms with Crippen LogP contribution in [0, 0.1) is 6.92 Å². The van der Waals surface area contributed by atoms with Gasteiger partial charge in [-0.3, -0.25) is 0 Å². The molecule has 100 valence electrons. The van der Waals surface area contributed by atoms with Gasteiger partial charge >= 0.3 is 0 Å². The highest BCUT2D eigenvalue weighted by molar-refractivity contribution is 5.59. The number of benzene rings is 1. The molecule has 5 heteroatoms. The molecule has 0 aliphatic heterocycles. The summed E-state index contributed by atoms with van der Waals surface area (Å²) in [6, 6.07) is 10.0. The Hall–Kier alpha value is -2.14. The molecule has 2 N–H and O–H groups in total. The Morgan fingerprint density at radius 3 is 2.79 bits per heavy atom. The lowest BCUT2D eigenvalue weighted by Crippen LogP contribution is -2.09. The van der Waals surface area contributed by atoms with Crippen LogP contribution < -0.4 is 10.6 Å². The summed E-state index contributed by atoms with van der Waals surface area (Å²) in [5.74, 6) is 1.54. The van der Waals surface area contributed by atoms with Crippen molar-refractivity contribution in [1.82, 2.24) is 9.97 Å². The maximum Gasteiger partial charge on any atom is 0.135 e. The highest BCUT2D eigenvalue weighted by Crippen LogP contribution is 2.17. The van der Waals surface area contributed by atoms with Gasteiger partial charge in [0.2, 0.25) is 0 Å². The van der Waals surface area contributed by atoms with E-state index in [9.17, 15) is 0 Å². The molecule has 0 aliphatic rings. The van der Waals surface area contributed by atoms with Crippen LogP contribution in [-0.2, 0) is 4.74 Å². The van der Waals surface area contributed by atoms with E-state index in [2.05, 4.69) is 39.7 Å². The van der Waals surface area contributed by atoms with E-state index < -0.39 is 0 Å². The Kier molecular flexibility index (Phi) is 4.69. The number of hydrogen-bond acceptors (Lipinski definition) is 5. The minimum absolute atomic E-state index is 0.643. The summed E-state index contributed by atoms with van der Waals surface area (Å²) in [5.41, 5.74) is 2.22. The predicted molar refractivity (Wildman–Crippen MR) is 76.9 cm³/mol. The quantitative estimate of drug-likeness (QED) is 0.780. The average molecular weight is 258 g/mol. The number of nitrogens with zero attached hydrogens (tertiary/aromatic N) is 2. The Labute approximate surface area is 113 Å². The molecule has 0 bridgehead atoms. The van der Waals surface area contributed by atoms with Gasteiger partial charge in [-0.05, 0) is 24.6 Å². The van der Waals surface area contributed by atoms with Crippen LogP contribution in [0.3, 0.4) is 0 Å². The van der Waals surface area contributed by atoms with E-state index in [-0.39, 0.29) is 0 Å². The van der Waals surface area contributed by atoms with Crippen LogP contribution in [0.5, 0.6) is 0 Å². The van der Waals surface area contributed by atoms with Crippen molar-refractivity contribution in [3.05, 3.63) is 42.2 Å². The maximum absolute atomic E-state index is 4.98. The fourth-order valence-corrected chi connectivity index (χ4v) is 1.67. The van der Waals surface area contributed by atoms with Gasteiger partial charge in [-0.25, -0.2) is 9.97 Å². The van der Waals surface area contributed by atoms with Gasteiger partial charge in [0.05, 0.1) is 6.61 Å². The first-order chi connectivity index (χ1) is 9.28. The fraction of sp³-hybridized carbons (Fsp3) is 0.286. The molecule has 1 aromatic heterocycles. The summed E-state index contributed by atoms with van der Waals surface area (Å²) in [5, 5.41) is 6.42. The molecule has 2 aromatic rings. The minimum Gasteiger partial charge on any atom is -0.383 e. The molecule has 0 radical (unpaired) electrons. The third kappa shape index (κ3) is 4.22. The number of hydrogen-bond donors (Lipinski definition) is 2. The smallest absolute Gasteiger partial charge is 0.135 e. The summed E-state index contributed by atoms with van der Waals surface area (Å²) >= 11 is 0. The fourth-order valence-electron chi connectivity index (χ4n) is 1.67. The molecular weight excluding hydrogens is 240 g/mol. The summed E-state index contributed by atoms with van der Waals surface area (Å²) < 4.78 is 4.98. The zero-order valence-electron chi connectivity index (χ0n) is 11.2. The zero-order valence-corrected chi connectivity index (χ0v) is 11.2. The van der Waals surface area contributed by atoms with E-state index in [1.165, 1.54) is 11.9 Å². The van der Waals surface area contributed by atoms with Crippen LogP contribution in [0.25, 0.3) is 0 Å². The molecule has 0 aliphatic carbocycles. The second kappa shape index (κ2) is 6.70. The number of aryl methyl sites for hydroxylation is 1. The molecule has 0 saturated heterocycles. The van der Waals surface area contributed by atoms with Gasteiger partial charge in [0.1, 0.15) is 18.0 Å². The van der Waals surface area contributed by atoms with Crippen molar-refractivity contribution in [2.24, 2.45) is 0 Å². The van der Waals surface area contributed by atoms with Gasteiger partial charge in [-0.2, -0.15) is 0 Å². The number of anilines is 3. The number of aromatic nitrogens is 2. The minimum atomic E-state index is 0.643. The van der Waals surface area contributed by atoms with Gasteiger partial charge in [0.15, 0.2) is 0 Å². The molecule has 0 saturated carbocycles. The summed E-state index contributed by atoms with van der Waals surface area (Å²) in [6.45, 7) is 3.42. The molecule has 0 atom stereocenters. The molecule has 0 fully saturated rings. The molecule has 0 amide bonds. The first kappa shape index (κ1) is 13.3. The molecule has 5 nitrogen and oxygen atoms in total. The van der Waals surface area contributed by atoms with Crippen molar-refractivity contribution in [1.29, 1.82) is 0 Å². The predicted octanol–water partition coefficient (Wildman–Crippen LogP) is 2.59. The Morgan fingerprint density at radius 2 is 2.00 bits per heavy atom. The first-order valence-corrected chi connectivity index (χ1v) is 6.16. The Morgan fingerprint density at radius 1 is 1.16 bits per heavy atom. The topological polar surface area (TPSA) is 59.1 Å². The SMILES string of the molecule is COCCNc1cc(Nc2cccc(C)c2)ncn1. The molecule has 2 rings (SSSR count). The van der Waals surface area contributed by atoms with Crippen LogP contribution in [-0.4, -0.2) is 30.2 Å². The van der Waals surface area contributed by atoms with E-state index in [1.807, 2.05) is 18.2 Å². The number of ether oxygens (including phenoxy) is 1. The van der Waals surface area contributed by atoms with E-state index >= 15 is 0 Å². The van der Waals surface area contributed by atoms with Gasteiger partial charge < -0.3 is 15.4 Å². The van der Waals surface area contributed by atoms with Crippen LogP contribution in [0.1, 0.15) is 5.56 Å². The number of nitrogens with one attached hydrogen (secondary N) is 2. The van der Waals surface area contributed by atoms with Crippen LogP contribution >= 0.6 is 0 Å². The van der Waals surface area contributed by atoms with E-state index in [0.29, 0.717) is 6.61 Å². The van der Waals surface area contributed by atoms with Crippen molar-refractivity contribution in [2.45, 2.75) is 6.92 Å². The van der Waals surface area contributed by atoms with Gasteiger partial charge in [-0.15, -0.1) is 0 Å². The maximum atomic E-state index is 4.98. The number of rotatable bonds is 6. The molecular formula is C14H18N4O. The van der Waals surface area contributed by atoms with Crippen LogP contribution in [0.4, 0.5) is 17.3 Å². The molecule has 19 heavy (non-hydrogen) atoms. The first-order valence-electron chi connectivity index (χ1n) is 6.16. The highest BCUT2D eigenvalue weighted by Gasteiger charge is 1.99. The number of methoxy groups -OCH3 is 1. The third-order valence-corrected chi connectivity index (χ3v) is 2.57. The Bertz CT molecular complexity index is 530. The molecule has 1 aromatic carbocycles. The molecule has 0 unspecified atom stereocenters. The van der Waals surface area contributed by atoms with Crippen molar-refractivity contribution >= 4 is 17.3 Å². The Balaban J connectivity index is 2.02. The van der Waals surface area contributed by atoms with E-state index in [0.717, 1.165) is 23.9 Å².